The zero-order valence-corrected chi connectivity index (χ0v) is 16.5. The molecule has 0 unspecified atom stereocenters. The van der Waals surface area contributed by atoms with Crippen LogP contribution in [-0.4, -0.2) is 46.5 Å². The quantitative estimate of drug-likeness (QED) is 0.491. The van der Waals surface area contributed by atoms with Gasteiger partial charge in [-0.25, -0.2) is 18.1 Å². The molecule has 2 heterocycles. The summed E-state index contributed by atoms with van der Waals surface area (Å²) in [7, 11) is -4.05. The molecule has 5 N–H and O–H groups in total. The van der Waals surface area contributed by atoms with Crippen molar-refractivity contribution in [3.05, 3.63) is 35.9 Å². The number of nitrogen functional groups attached to an aromatic ring is 1. The first-order valence-corrected chi connectivity index (χ1v) is 10.4. The molecule has 3 aromatic rings. The molecular weight excluding hydrogens is 423 g/mol. The third-order valence-corrected chi connectivity index (χ3v) is 6.75. The Kier molecular flexibility index (Phi) is 4.56. The Morgan fingerprint density at radius 1 is 1.27 bits per heavy atom. The number of pyridine rings is 1. The molecule has 1 aromatic carbocycles. The molecular formula is C18H18F3N5O3S. The van der Waals surface area contributed by atoms with Gasteiger partial charge in [0.25, 0.3) is 0 Å². The molecule has 1 aliphatic carbocycles. The van der Waals surface area contributed by atoms with Gasteiger partial charge in [0.05, 0.1) is 16.1 Å². The summed E-state index contributed by atoms with van der Waals surface area (Å²) >= 11 is 0. The summed E-state index contributed by atoms with van der Waals surface area (Å²) in [6.07, 6.45) is -6.23. The van der Waals surface area contributed by atoms with E-state index in [1.807, 2.05) is 0 Å². The molecule has 0 aliphatic heterocycles. The van der Waals surface area contributed by atoms with E-state index in [1.165, 1.54) is 12.1 Å². The van der Waals surface area contributed by atoms with Crippen LogP contribution in [0.15, 0.2) is 35.2 Å². The molecule has 0 radical (unpaired) electrons. The van der Waals surface area contributed by atoms with Crippen molar-refractivity contribution in [1.82, 2.24) is 19.9 Å². The van der Waals surface area contributed by atoms with Gasteiger partial charge in [-0.15, -0.1) is 0 Å². The number of aromatic amines is 1. The third-order valence-electron chi connectivity index (χ3n) is 5.24. The summed E-state index contributed by atoms with van der Waals surface area (Å²) in [6, 6.07) is 6.84. The number of aliphatic hydroxyl groups is 1. The predicted molar refractivity (Wildman–Crippen MR) is 103 cm³/mol. The van der Waals surface area contributed by atoms with Crippen LogP contribution in [0.2, 0.25) is 0 Å². The maximum atomic E-state index is 12.7. The Morgan fingerprint density at radius 2 is 1.97 bits per heavy atom. The van der Waals surface area contributed by atoms with Crippen LogP contribution in [-0.2, 0) is 10.0 Å². The molecule has 0 atom stereocenters. The van der Waals surface area contributed by atoms with Crippen LogP contribution < -0.4 is 10.5 Å². The lowest BCUT2D eigenvalue weighted by Gasteiger charge is -2.44. The Hall–Kier alpha value is -2.70. The van der Waals surface area contributed by atoms with Crippen LogP contribution in [0.25, 0.3) is 22.3 Å². The zero-order chi connectivity index (χ0) is 21.9. The second kappa shape index (κ2) is 6.65. The Morgan fingerprint density at radius 3 is 2.60 bits per heavy atom. The molecule has 2 aromatic heterocycles. The highest BCUT2D eigenvalue weighted by atomic mass is 32.2. The van der Waals surface area contributed by atoms with E-state index in [2.05, 4.69) is 19.9 Å². The maximum Gasteiger partial charge on any atom is 0.417 e. The summed E-state index contributed by atoms with van der Waals surface area (Å²) < 4.78 is 65.5. The van der Waals surface area contributed by atoms with Crippen molar-refractivity contribution >= 4 is 26.9 Å². The highest BCUT2D eigenvalue weighted by molar-refractivity contribution is 7.89. The summed E-state index contributed by atoms with van der Waals surface area (Å²) in [6.45, 7) is 1.70. The normalized spacial score (nSPS) is 22.2. The van der Waals surface area contributed by atoms with Crippen LogP contribution in [0.3, 0.4) is 0 Å². The van der Waals surface area contributed by atoms with Gasteiger partial charge in [0, 0.05) is 24.4 Å². The van der Waals surface area contributed by atoms with Gasteiger partial charge in [0.1, 0.15) is 5.52 Å². The van der Waals surface area contributed by atoms with Gasteiger partial charge in [-0.1, -0.05) is 6.07 Å². The van der Waals surface area contributed by atoms with Gasteiger partial charge in [-0.2, -0.15) is 18.3 Å². The van der Waals surface area contributed by atoms with E-state index in [4.69, 9.17) is 5.73 Å². The lowest BCUT2D eigenvalue weighted by molar-refractivity contribution is -0.290. The van der Waals surface area contributed by atoms with E-state index >= 15 is 0 Å². The molecule has 0 saturated heterocycles. The molecule has 160 valence electrons. The lowest BCUT2D eigenvalue weighted by Crippen LogP contribution is -2.62. The number of benzene rings is 1. The number of halogens is 3. The van der Waals surface area contributed by atoms with Crippen molar-refractivity contribution in [3.63, 3.8) is 0 Å². The highest BCUT2D eigenvalue weighted by Crippen LogP contribution is 2.45. The minimum atomic E-state index is -4.79. The average molecular weight is 441 g/mol. The number of hydrogen-bond donors (Lipinski definition) is 4. The monoisotopic (exact) mass is 441 g/mol. The highest BCUT2D eigenvalue weighted by Gasteiger charge is 2.61. The first-order chi connectivity index (χ1) is 13.9. The van der Waals surface area contributed by atoms with Gasteiger partial charge in [-0.05, 0) is 36.8 Å². The minimum absolute atomic E-state index is 0.0879. The van der Waals surface area contributed by atoms with Gasteiger partial charge in [0.15, 0.2) is 11.4 Å². The van der Waals surface area contributed by atoms with Crippen LogP contribution in [0.4, 0.5) is 19.0 Å². The van der Waals surface area contributed by atoms with E-state index in [0.29, 0.717) is 27.9 Å². The third kappa shape index (κ3) is 3.40. The SMILES string of the molecule is Cc1cc(S(=O)(=O)N[C@H]2C[C@](O)(C(F)(F)F)C2)ccc1-c1ccc2[nH]nc(N)c2n1. The van der Waals surface area contributed by atoms with Crippen LogP contribution in [0, 0.1) is 6.92 Å². The molecule has 0 spiro atoms. The summed E-state index contributed by atoms with van der Waals surface area (Å²) in [5, 5.41) is 16.1. The van der Waals surface area contributed by atoms with Crippen molar-refractivity contribution in [2.75, 3.05) is 5.73 Å². The summed E-state index contributed by atoms with van der Waals surface area (Å²) in [5.74, 6) is 0.243. The molecule has 1 saturated carbocycles. The van der Waals surface area contributed by atoms with E-state index < -0.39 is 40.7 Å². The standard InChI is InChI=1S/C18H18F3N5O3S/c1-9-6-11(30(28,29)26-10-7-17(27,8-10)18(19,20)21)2-3-12(9)13-4-5-14-15(23-13)16(22)25-24-14/h2-6,10,26-27H,7-8H2,1H3,(H3,22,24,25)/t10-,17+. The van der Waals surface area contributed by atoms with Crippen molar-refractivity contribution in [3.8, 4) is 11.3 Å². The van der Waals surface area contributed by atoms with Crippen molar-refractivity contribution in [1.29, 1.82) is 0 Å². The van der Waals surface area contributed by atoms with Gasteiger partial charge in [-0.3, -0.25) is 5.10 Å². The first-order valence-electron chi connectivity index (χ1n) is 8.93. The van der Waals surface area contributed by atoms with Crippen molar-refractivity contribution < 1.29 is 26.7 Å². The number of nitrogens with zero attached hydrogens (tertiary/aromatic N) is 2. The lowest BCUT2D eigenvalue weighted by atomic mass is 9.76. The molecule has 1 fully saturated rings. The number of nitrogens with two attached hydrogens (primary N) is 1. The number of fused-ring (bicyclic) bond motifs is 1. The van der Waals surface area contributed by atoms with E-state index in [-0.39, 0.29) is 10.7 Å². The van der Waals surface area contributed by atoms with E-state index in [0.717, 1.165) is 0 Å². The Bertz CT molecular complexity index is 1230. The molecule has 8 nitrogen and oxygen atoms in total. The number of sulfonamides is 1. The molecule has 1 aliphatic rings. The van der Waals surface area contributed by atoms with Crippen LogP contribution in [0.5, 0.6) is 0 Å². The van der Waals surface area contributed by atoms with E-state index in [1.54, 1.807) is 25.1 Å². The fourth-order valence-electron chi connectivity index (χ4n) is 3.52. The molecule has 0 amide bonds. The van der Waals surface area contributed by atoms with Crippen LogP contribution in [0.1, 0.15) is 18.4 Å². The second-order valence-electron chi connectivity index (χ2n) is 7.43. The topological polar surface area (TPSA) is 134 Å². The smallest absolute Gasteiger partial charge is 0.380 e. The minimum Gasteiger partial charge on any atom is -0.380 e. The number of rotatable bonds is 4. The number of alkyl halides is 3. The molecule has 4 rings (SSSR count). The number of aryl methyl sites for hydroxylation is 1. The molecule has 30 heavy (non-hydrogen) atoms. The maximum absolute atomic E-state index is 12.7. The summed E-state index contributed by atoms with van der Waals surface area (Å²) in [4.78, 5) is 4.36. The largest absolute Gasteiger partial charge is 0.417 e. The van der Waals surface area contributed by atoms with Crippen molar-refractivity contribution in [2.24, 2.45) is 0 Å². The number of aromatic nitrogens is 3. The number of hydrogen-bond acceptors (Lipinski definition) is 6. The number of anilines is 1. The first kappa shape index (κ1) is 20.6. The van der Waals surface area contributed by atoms with Crippen LogP contribution >= 0.6 is 0 Å². The predicted octanol–water partition coefficient (Wildman–Crippen LogP) is 2.25. The Balaban J connectivity index is 1.56. The van der Waals surface area contributed by atoms with Gasteiger partial charge < -0.3 is 10.8 Å². The number of nitrogens with one attached hydrogen (secondary N) is 2. The molecule has 12 heteroatoms. The molecule has 0 bridgehead atoms. The summed E-state index contributed by atoms with van der Waals surface area (Å²) in [5.41, 5.74) is 5.93. The van der Waals surface area contributed by atoms with Gasteiger partial charge in [0.2, 0.25) is 10.0 Å². The zero-order valence-electron chi connectivity index (χ0n) is 15.7. The Labute approximate surface area is 169 Å². The second-order valence-corrected chi connectivity index (χ2v) is 9.15. The van der Waals surface area contributed by atoms with E-state index in [9.17, 15) is 26.7 Å². The fourth-order valence-corrected chi connectivity index (χ4v) is 4.84. The van der Waals surface area contributed by atoms with Crippen molar-refractivity contribution in [2.45, 2.75) is 42.5 Å². The number of H-pyrrole nitrogens is 1. The fraction of sp³-hybridized carbons (Fsp3) is 0.333. The average Bonchev–Trinajstić information content (AvgIpc) is 2.99. The van der Waals surface area contributed by atoms with Gasteiger partial charge >= 0.3 is 6.18 Å².